The van der Waals surface area contributed by atoms with E-state index in [0.717, 1.165) is 6.42 Å². The number of benzene rings is 1. The van der Waals surface area contributed by atoms with Crippen molar-refractivity contribution in [3.8, 4) is 0 Å². The van der Waals surface area contributed by atoms with Gasteiger partial charge in [0.1, 0.15) is 5.82 Å². The first-order chi connectivity index (χ1) is 8.54. The lowest BCUT2D eigenvalue weighted by Gasteiger charge is -2.17. The number of nitrogens with two attached hydrogens (primary N) is 1. The van der Waals surface area contributed by atoms with E-state index in [1.54, 1.807) is 18.2 Å². The van der Waals surface area contributed by atoms with Crippen molar-refractivity contribution in [2.75, 3.05) is 0 Å². The molecule has 0 spiro atoms. The van der Waals surface area contributed by atoms with E-state index in [0.29, 0.717) is 18.4 Å². The molecule has 0 aliphatic heterocycles. The summed E-state index contributed by atoms with van der Waals surface area (Å²) in [6, 6.07) is 5.99. The lowest BCUT2D eigenvalue weighted by atomic mass is 10.1. The zero-order valence-corrected chi connectivity index (χ0v) is 12.2. The van der Waals surface area contributed by atoms with E-state index in [4.69, 9.17) is 5.73 Å². The molecule has 3 N–H and O–H groups in total. The highest BCUT2D eigenvalue weighted by Crippen LogP contribution is 2.09. The van der Waals surface area contributed by atoms with Gasteiger partial charge < -0.3 is 11.1 Å². The van der Waals surface area contributed by atoms with Gasteiger partial charge in [0.2, 0.25) is 5.91 Å². The maximum absolute atomic E-state index is 13.4. The molecular formula is C14H22ClFN2O. The van der Waals surface area contributed by atoms with Crippen LogP contribution in [0.2, 0.25) is 0 Å². The minimum Gasteiger partial charge on any atom is -0.352 e. The summed E-state index contributed by atoms with van der Waals surface area (Å²) in [6.45, 7) is 3.83. The Hall–Kier alpha value is -1.13. The average Bonchev–Trinajstić information content (AvgIpc) is 2.32. The monoisotopic (exact) mass is 288 g/mol. The second-order valence-electron chi connectivity index (χ2n) is 4.60. The summed E-state index contributed by atoms with van der Waals surface area (Å²) in [6.07, 6.45) is 2.01. The molecule has 5 heteroatoms. The summed E-state index contributed by atoms with van der Waals surface area (Å²) in [4.78, 5) is 11.7. The van der Waals surface area contributed by atoms with Gasteiger partial charge >= 0.3 is 0 Å². The first-order valence-electron chi connectivity index (χ1n) is 6.34. The highest BCUT2D eigenvalue weighted by molar-refractivity contribution is 5.85. The summed E-state index contributed by atoms with van der Waals surface area (Å²) >= 11 is 0. The molecule has 0 saturated carbocycles. The first kappa shape index (κ1) is 17.9. The Morgan fingerprint density at radius 3 is 2.63 bits per heavy atom. The molecule has 0 heterocycles. The normalized spacial score (nSPS) is 13.3. The predicted molar refractivity (Wildman–Crippen MR) is 77.8 cm³/mol. The van der Waals surface area contributed by atoms with E-state index in [2.05, 4.69) is 5.32 Å². The highest BCUT2D eigenvalue weighted by Gasteiger charge is 2.15. The third kappa shape index (κ3) is 6.03. The standard InChI is InChI=1S/C14H21FN2O.ClH/c1-3-6-13(16)14(18)17-10(2)9-11-7-4-5-8-12(11)15;/h4-5,7-8,10,13H,3,6,9,16H2,1-2H3,(H,17,18);1H. The predicted octanol–water partition coefficient (Wildman–Crippen LogP) is 2.42. The van der Waals surface area contributed by atoms with Gasteiger partial charge in [0.15, 0.2) is 0 Å². The third-order valence-electron chi connectivity index (χ3n) is 2.81. The Labute approximate surface area is 120 Å². The minimum absolute atomic E-state index is 0. The molecule has 0 fully saturated rings. The van der Waals surface area contributed by atoms with E-state index in [1.165, 1.54) is 6.07 Å². The molecule has 0 bridgehead atoms. The lowest BCUT2D eigenvalue weighted by molar-refractivity contribution is -0.123. The second kappa shape index (κ2) is 8.88. The van der Waals surface area contributed by atoms with Gasteiger partial charge in [0, 0.05) is 6.04 Å². The van der Waals surface area contributed by atoms with Crippen molar-refractivity contribution in [2.24, 2.45) is 5.73 Å². The molecule has 0 aromatic heterocycles. The Morgan fingerprint density at radius 1 is 1.42 bits per heavy atom. The van der Waals surface area contributed by atoms with Gasteiger partial charge in [-0.05, 0) is 31.4 Å². The number of amides is 1. The van der Waals surface area contributed by atoms with E-state index < -0.39 is 6.04 Å². The number of carbonyl (C=O) groups is 1. The molecule has 0 aliphatic rings. The minimum atomic E-state index is -0.474. The molecule has 3 nitrogen and oxygen atoms in total. The van der Waals surface area contributed by atoms with Crippen LogP contribution in [-0.4, -0.2) is 18.0 Å². The molecule has 1 amide bonds. The summed E-state index contributed by atoms with van der Waals surface area (Å²) in [5, 5.41) is 2.81. The number of hydrogen-bond donors (Lipinski definition) is 2. The van der Waals surface area contributed by atoms with Gasteiger partial charge in [-0.25, -0.2) is 4.39 Å². The van der Waals surface area contributed by atoms with Crippen LogP contribution in [0.5, 0.6) is 0 Å². The van der Waals surface area contributed by atoms with Crippen molar-refractivity contribution in [3.05, 3.63) is 35.6 Å². The van der Waals surface area contributed by atoms with Gasteiger partial charge in [-0.2, -0.15) is 0 Å². The molecule has 0 aliphatic carbocycles. The van der Waals surface area contributed by atoms with Gasteiger partial charge in [0.05, 0.1) is 6.04 Å². The van der Waals surface area contributed by atoms with Crippen molar-refractivity contribution in [1.82, 2.24) is 5.32 Å². The molecule has 19 heavy (non-hydrogen) atoms. The Bertz CT molecular complexity index is 401. The van der Waals surface area contributed by atoms with Crippen LogP contribution < -0.4 is 11.1 Å². The van der Waals surface area contributed by atoms with Crippen molar-refractivity contribution in [3.63, 3.8) is 0 Å². The molecule has 108 valence electrons. The largest absolute Gasteiger partial charge is 0.352 e. The molecule has 1 rings (SSSR count). The number of carbonyl (C=O) groups excluding carboxylic acids is 1. The Morgan fingerprint density at radius 2 is 2.05 bits per heavy atom. The second-order valence-corrected chi connectivity index (χ2v) is 4.60. The quantitative estimate of drug-likeness (QED) is 0.845. The van der Waals surface area contributed by atoms with Crippen LogP contribution >= 0.6 is 12.4 Å². The molecule has 1 aromatic rings. The van der Waals surface area contributed by atoms with Crippen molar-refractivity contribution in [2.45, 2.75) is 45.2 Å². The zero-order valence-electron chi connectivity index (χ0n) is 11.4. The molecule has 0 radical (unpaired) electrons. The SMILES string of the molecule is CCCC(N)C(=O)NC(C)Cc1ccccc1F.Cl. The summed E-state index contributed by atoms with van der Waals surface area (Å²) < 4.78 is 13.4. The van der Waals surface area contributed by atoms with Crippen molar-refractivity contribution >= 4 is 18.3 Å². The molecule has 0 saturated heterocycles. The maximum Gasteiger partial charge on any atom is 0.237 e. The maximum atomic E-state index is 13.4. The van der Waals surface area contributed by atoms with Gasteiger partial charge in [-0.3, -0.25) is 4.79 Å². The lowest BCUT2D eigenvalue weighted by Crippen LogP contribution is -2.45. The van der Waals surface area contributed by atoms with Crippen LogP contribution in [0.25, 0.3) is 0 Å². The smallest absolute Gasteiger partial charge is 0.237 e. The third-order valence-corrected chi connectivity index (χ3v) is 2.81. The van der Waals surface area contributed by atoms with Crippen LogP contribution in [-0.2, 0) is 11.2 Å². The first-order valence-corrected chi connectivity index (χ1v) is 6.34. The Kier molecular flexibility index (Phi) is 8.35. The average molecular weight is 289 g/mol. The van der Waals surface area contributed by atoms with Gasteiger partial charge in [-0.1, -0.05) is 31.5 Å². The van der Waals surface area contributed by atoms with E-state index in [9.17, 15) is 9.18 Å². The van der Waals surface area contributed by atoms with Gasteiger partial charge in [0.25, 0.3) is 0 Å². The highest BCUT2D eigenvalue weighted by atomic mass is 35.5. The van der Waals surface area contributed by atoms with Crippen LogP contribution in [0, 0.1) is 5.82 Å². The fourth-order valence-electron chi connectivity index (χ4n) is 1.84. The van der Waals surface area contributed by atoms with Crippen molar-refractivity contribution in [1.29, 1.82) is 0 Å². The molecular weight excluding hydrogens is 267 g/mol. The summed E-state index contributed by atoms with van der Waals surface area (Å²) in [5.74, 6) is -0.405. The van der Waals surface area contributed by atoms with Gasteiger partial charge in [-0.15, -0.1) is 12.4 Å². The molecule has 2 atom stereocenters. The number of hydrogen-bond acceptors (Lipinski definition) is 2. The summed E-state index contributed by atoms with van der Waals surface area (Å²) in [5.41, 5.74) is 6.32. The fraction of sp³-hybridized carbons (Fsp3) is 0.500. The van der Waals surface area contributed by atoms with Crippen LogP contribution in [0.1, 0.15) is 32.3 Å². The number of halogens is 2. The van der Waals surface area contributed by atoms with E-state index in [-0.39, 0.29) is 30.2 Å². The number of nitrogens with one attached hydrogen (secondary N) is 1. The summed E-state index contributed by atoms with van der Waals surface area (Å²) in [7, 11) is 0. The van der Waals surface area contributed by atoms with E-state index in [1.807, 2.05) is 13.8 Å². The van der Waals surface area contributed by atoms with Crippen LogP contribution in [0.3, 0.4) is 0 Å². The topological polar surface area (TPSA) is 55.1 Å². The van der Waals surface area contributed by atoms with E-state index >= 15 is 0 Å². The van der Waals surface area contributed by atoms with Crippen molar-refractivity contribution < 1.29 is 9.18 Å². The fourth-order valence-corrected chi connectivity index (χ4v) is 1.84. The number of rotatable bonds is 6. The Balaban J connectivity index is 0.00000324. The zero-order chi connectivity index (χ0) is 13.5. The van der Waals surface area contributed by atoms with Crippen LogP contribution in [0.4, 0.5) is 4.39 Å². The molecule has 2 unspecified atom stereocenters. The van der Waals surface area contributed by atoms with Crippen LogP contribution in [0.15, 0.2) is 24.3 Å². The molecule has 1 aromatic carbocycles.